The van der Waals surface area contributed by atoms with Crippen LogP contribution >= 0.6 is 11.3 Å². The molecule has 2 aromatic heterocycles. The Labute approximate surface area is 84.7 Å². The molecule has 2 rings (SSSR count). The normalized spacial score (nSPS) is 10.1. The Morgan fingerprint density at radius 2 is 2.36 bits per heavy atom. The van der Waals surface area contributed by atoms with Gasteiger partial charge in [0.15, 0.2) is 5.78 Å². The first-order valence-electron chi connectivity index (χ1n) is 4.00. The van der Waals surface area contributed by atoms with E-state index in [9.17, 15) is 4.79 Å². The molecule has 0 amide bonds. The fourth-order valence-electron chi connectivity index (χ4n) is 0.970. The van der Waals surface area contributed by atoms with E-state index >= 15 is 0 Å². The molecule has 0 unspecified atom stereocenters. The van der Waals surface area contributed by atoms with Crippen molar-refractivity contribution in [2.45, 2.75) is 6.92 Å². The molecule has 0 spiro atoms. The molecule has 0 aliphatic heterocycles. The smallest absolute Gasteiger partial charge is 0.178 e. The van der Waals surface area contributed by atoms with Crippen molar-refractivity contribution >= 4 is 17.1 Å². The second kappa shape index (κ2) is 3.63. The Hall–Kier alpha value is -1.62. The van der Waals surface area contributed by atoms with Gasteiger partial charge in [-0.3, -0.25) is 4.79 Å². The maximum atomic E-state index is 11.0. The predicted octanol–water partition coefficient (Wildman–Crippen LogP) is 1.80. The van der Waals surface area contributed by atoms with E-state index in [1.54, 1.807) is 17.6 Å². The van der Waals surface area contributed by atoms with Gasteiger partial charge in [0, 0.05) is 18.5 Å². The van der Waals surface area contributed by atoms with Crippen LogP contribution in [0.1, 0.15) is 17.4 Å². The number of aromatic nitrogens is 3. The number of carbonyl (C=O) groups is 1. The second-order valence-electron chi connectivity index (χ2n) is 2.69. The van der Waals surface area contributed by atoms with Gasteiger partial charge < -0.3 is 0 Å². The summed E-state index contributed by atoms with van der Waals surface area (Å²) in [5, 5.41) is 2.48. The SMILES string of the molecule is CC(=O)c1csc(-c2ccncn2)n1. The number of rotatable bonds is 2. The van der Waals surface area contributed by atoms with E-state index in [4.69, 9.17) is 0 Å². The minimum atomic E-state index is -0.0263. The fourth-order valence-corrected chi connectivity index (χ4v) is 1.80. The van der Waals surface area contributed by atoms with Crippen molar-refractivity contribution in [1.29, 1.82) is 0 Å². The van der Waals surface area contributed by atoms with E-state index in [2.05, 4.69) is 15.0 Å². The minimum Gasteiger partial charge on any atom is -0.293 e. The first kappa shape index (κ1) is 8.96. The van der Waals surface area contributed by atoms with E-state index in [1.165, 1.54) is 24.6 Å². The molecule has 0 fully saturated rings. The Morgan fingerprint density at radius 3 is 2.93 bits per heavy atom. The zero-order valence-electron chi connectivity index (χ0n) is 7.47. The lowest BCUT2D eigenvalue weighted by atomic mass is 10.3. The molecule has 14 heavy (non-hydrogen) atoms. The van der Waals surface area contributed by atoms with Crippen molar-refractivity contribution in [1.82, 2.24) is 15.0 Å². The van der Waals surface area contributed by atoms with Crippen LogP contribution in [-0.4, -0.2) is 20.7 Å². The van der Waals surface area contributed by atoms with Crippen LogP contribution in [0.25, 0.3) is 10.7 Å². The number of nitrogens with zero attached hydrogens (tertiary/aromatic N) is 3. The van der Waals surface area contributed by atoms with E-state index < -0.39 is 0 Å². The molecule has 0 N–H and O–H groups in total. The molecule has 0 saturated heterocycles. The number of thiazole rings is 1. The third-order valence-electron chi connectivity index (χ3n) is 1.67. The van der Waals surface area contributed by atoms with Crippen LogP contribution in [-0.2, 0) is 0 Å². The molecule has 0 atom stereocenters. The van der Waals surface area contributed by atoms with Gasteiger partial charge in [-0.2, -0.15) is 0 Å². The van der Waals surface area contributed by atoms with Crippen LogP contribution in [0.2, 0.25) is 0 Å². The standard InChI is InChI=1S/C9H7N3OS/c1-6(13)8-4-14-9(12-8)7-2-3-10-5-11-7/h2-5H,1H3. The summed E-state index contributed by atoms with van der Waals surface area (Å²) in [6.07, 6.45) is 3.11. The molecule has 0 bridgehead atoms. The first-order valence-corrected chi connectivity index (χ1v) is 4.88. The summed E-state index contributed by atoms with van der Waals surface area (Å²) >= 11 is 1.41. The lowest BCUT2D eigenvalue weighted by molar-refractivity contribution is 0.101. The lowest BCUT2D eigenvalue weighted by Gasteiger charge is -1.91. The van der Waals surface area contributed by atoms with Crippen molar-refractivity contribution in [3.63, 3.8) is 0 Å². The maximum Gasteiger partial charge on any atom is 0.178 e. The summed E-state index contributed by atoms with van der Waals surface area (Å²) in [6, 6.07) is 1.77. The van der Waals surface area contributed by atoms with Gasteiger partial charge in [-0.05, 0) is 6.07 Å². The van der Waals surface area contributed by atoms with E-state index in [0.717, 1.165) is 10.7 Å². The molecule has 4 nitrogen and oxygen atoms in total. The van der Waals surface area contributed by atoms with Crippen molar-refractivity contribution < 1.29 is 4.79 Å². The Morgan fingerprint density at radius 1 is 1.50 bits per heavy atom. The molecule has 0 saturated carbocycles. The van der Waals surface area contributed by atoms with Crippen LogP contribution in [0.4, 0.5) is 0 Å². The Balaban J connectivity index is 2.39. The summed E-state index contributed by atoms with van der Waals surface area (Å²) < 4.78 is 0. The van der Waals surface area contributed by atoms with Gasteiger partial charge in [0.1, 0.15) is 22.7 Å². The third-order valence-corrected chi connectivity index (χ3v) is 2.53. The monoisotopic (exact) mass is 205 g/mol. The molecular formula is C9H7N3OS. The molecule has 0 aliphatic rings. The highest BCUT2D eigenvalue weighted by Gasteiger charge is 2.07. The zero-order valence-corrected chi connectivity index (χ0v) is 8.28. The van der Waals surface area contributed by atoms with Crippen LogP contribution in [0.5, 0.6) is 0 Å². The second-order valence-corrected chi connectivity index (χ2v) is 3.55. The van der Waals surface area contributed by atoms with E-state index in [-0.39, 0.29) is 5.78 Å². The minimum absolute atomic E-state index is 0.0263. The fraction of sp³-hybridized carbons (Fsp3) is 0.111. The average molecular weight is 205 g/mol. The van der Waals surface area contributed by atoms with Crippen LogP contribution in [0, 0.1) is 0 Å². The van der Waals surface area contributed by atoms with Gasteiger partial charge >= 0.3 is 0 Å². The van der Waals surface area contributed by atoms with Gasteiger partial charge in [-0.1, -0.05) is 0 Å². The van der Waals surface area contributed by atoms with Crippen LogP contribution in [0.15, 0.2) is 24.0 Å². The molecular weight excluding hydrogens is 198 g/mol. The Kier molecular flexibility index (Phi) is 2.32. The number of carbonyl (C=O) groups excluding carboxylic acids is 1. The summed E-state index contributed by atoms with van der Waals surface area (Å²) in [7, 11) is 0. The highest BCUT2D eigenvalue weighted by atomic mass is 32.1. The van der Waals surface area contributed by atoms with Crippen molar-refractivity contribution in [2.75, 3.05) is 0 Å². The number of hydrogen-bond acceptors (Lipinski definition) is 5. The predicted molar refractivity (Wildman–Crippen MR) is 53.1 cm³/mol. The highest BCUT2D eigenvalue weighted by molar-refractivity contribution is 7.13. The lowest BCUT2D eigenvalue weighted by Crippen LogP contribution is -1.91. The van der Waals surface area contributed by atoms with Crippen LogP contribution in [0.3, 0.4) is 0 Å². The van der Waals surface area contributed by atoms with Crippen molar-refractivity contribution in [2.24, 2.45) is 0 Å². The van der Waals surface area contributed by atoms with Gasteiger partial charge in [0.2, 0.25) is 0 Å². The quantitative estimate of drug-likeness (QED) is 0.701. The Bertz CT molecular complexity index is 452. The van der Waals surface area contributed by atoms with Crippen molar-refractivity contribution in [3.05, 3.63) is 29.7 Å². The largest absolute Gasteiger partial charge is 0.293 e. The van der Waals surface area contributed by atoms with E-state index in [0.29, 0.717) is 5.69 Å². The summed E-state index contributed by atoms with van der Waals surface area (Å²) in [5.74, 6) is -0.0263. The number of ketones is 1. The number of Topliss-reactive ketones (excluding diaryl/α,β-unsaturated/α-hetero) is 1. The van der Waals surface area contributed by atoms with Gasteiger partial charge in [0.25, 0.3) is 0 Å². The van der Waals surface area contributed by atoms with E-state index in [1.807, 2.05) is 0 Å². The third kappa shape index (κ3) is 1.67. The van der Waals surface area contributed by atoms with Gasteiger partial charge in [-0.25, -0.2) is 15.0 Å². The van der Waals surface area contributed by atoms with Gasteiger partial charge in [0.05, 0.1) is 0 Å². The maximum absolute atomic E-state index is 11.0. The molecule has 0 aromatic carbocycles. The molecule has 2 heterocycles. The average Bonchev–Trinajstić information content (AvgIpc) is 2.68. The van der Waals surface area contributed by atoms with Crippen LogP contribution < -0.4 is 0 Å². The molecule has 70 valence electrons. The summed E-state index contributed by atoms with van der Waals surface area (Å²) in [5.41, 5.74) is 1.24. The number of hydrogen-bond donors (Lipinski definition) is 0. The molecule has 5 heteroatoms. The van der Waals surface area contributed by atoms with Crippen molar-refractivity contribution in [3.8, 4) is 10.7 Å². The highest BCUT2D eigenvalue weighted by Crippen LogP contribution is 2.20. The van der Waals surface area contributed by atoms with Gasteiger partial charge in [-0.15, -0.1) is 11.3 Å². The molecule has 2 aromatic rings. The first-order chi connectivity index (χ1) is 6.77. The summed E-state index contributed by atoms with van der Waals surface area (Å²) in [4.78, 5) is 23.0. The topological polar surface area (TPSA) is 55.7 Å². The molecule has 0 radical (unpaired) electrons. The molecule has 0 aliphatic carbocycles. The zero-order chi connectivity index (χ0) is 9.97. The summed E-state index contributed by atoms with van der Waals surface area (Å²) in [6.45, 7) is 1.50.